The van der Waals surface area contributed by atoms with E-state index < -0.39 is 11.9 Å². The Balaban J connectivity index is 2.56. The first kappa shape index (κ1) is 14.2. The second-order valence-electron chi connectivity index (χ2n) is 3.78. The Kier molecular flexibility index (Phi) is 5.91. The summed E-state index contributed by atoms with van der Waals surface area (Å²) in [6.07, 6.45) is 0.631. The van der Waals surface area contributed by atoms with E-state index in [1.165, 1.54) is 0 Å². The fraction of sp³-hybridized carbons (Fsp3) is 0.429. The topological polar surface area (TPSA) is 52.6 Å². The van der Waals surface area contributed by atoms with Crippen molar-refractivity contribution in [2.45, 2.75) is 26.2 Å². The average Bonchev–Trinajstić information content (AvgIpc) is 2.39. The molecule has 0 aliphatic carbocycles. The highest BCUT2D eigenvalue weighted by Gasteiger charge is 2.20. The maximum atomic E-state index is 11.9. The van der Waals surface area contributed by atoms with Gasteiger partial charge >= 0.3 is 11.9 Å². The number of ether oxygens (including phenoxy) is 2. The molecule has 0 saturated carbocycles. The summed E-state index contributed by atoms with van der Waals surface area (Å²) >= 11 is 0. The zero-order valence-electron chi connectivity index (χ0n) is 10.7. The Bertz CT molecular complexity index is 386. The van der Waals surface area contributed by atoms with Crippen LogP contribution in [-0.2, 0) is 19.1 Å². The summed E-state index contributed by atoms with van der Waals surface area (Å²) in [5.74, 6) is -1.24. The first-order valence-corrected chi connectivity index (χ1v) is 6.06. The molecule has 4 nitrogen and oxygen atoms in total. The van der Waals surface area contributed by atoms with Crippen molar-refractivity contribution in [3.05, 3.63) is 35.9 Å². The van der Waals surface area contributed by atoms with Gasteiger partial charge < -0.3 is 9.47 Å². The van der Waals surface area contributed by atoms with E-state index in [0.29, 0.717) is 6.42 Å². The molecule has 0 amide bonds. The van der Waals surface area contributed by atoms with Gasteiger partial charge in [-0.2, -0.15) is 0 Å². The van der Waals surface area contributed by atoms with Crippen LogP contribution in [-0.4, -0.2) is 25.2 Å². The van der Waals surface area contributed by atoms with Gasteiger partial charge in [-0.15, -0.1) is 0 Å². The Labute approximate surface area is 107 Å². The summed E-state index contributed by atoms with van der Waals surface area (Å²) < 4.78 is 9.65. The van der Waals surface area contributed by atoms with Crippen molar-refractivity contribution in [3.63, 3.8) is 0 Å². The molecular weight excluding hydrogens is 232 g/mol. The number of carbonyl (C=O) groups excluding carboxylic acids is 2. The predicted molar refractivity (Wildman–Crippen MR) is 67.1 cm³/mol. The van der Waals surface area contributed by atoms with Gasteiger partial charge in [0.15, 0.2) is 6.61 Å². The predicted octanol–water partition coefficient (Wildman–Crippen LogP) is 2.29. The summed E-state index contributed by atoms with van der Waals surface area (Å²) in [6, 6.07) is 9.38. The number of benzene rings is 1. The van der Waals surface area contributed by atoms with E-state index in [2.05, 4.69) is 0 Å². The molecule has 0 aliphatic rings. The second kappa shape index (κ2) is 7.48. The Morgan fingerprint density at radius 1 is 1.11 bits per heavy atom. The number of esters is 2. The van der Waals surface area contributed by atoms with Gasteiger partial charge in [0, 0.05) is 0 Å². The van der Waals surface area contributed by atoms with Gasteiger partial charge in [0.2, 0.25) is 0 Å². The Morgan fingerprint density at radius 2 is 1.78 bits per heavy atom. The van der Waals surface area contributed by atoms with Crippen LogP contribution in [0.5, 0.6) is 0 Å². The molecule has 1 rings (SSSR count). The van der Waals surface area contributed by atoms with Crippen LogP contribution in [0, 0.1) is 0 Å². The lowest BCUT2D eigenvalue weighted by Gasteiger charge is -2.14. The van der Waals surface area contributed by atoms with E-state index >= 15 is 0 Å². The summed E-state index contributed by atoms with van der Waals surface area (Å²) in [7, 11) is 0. The normalized spacial score (nSPS) is 11.7. The van der Waals surface area contributed by atoms with Crippen molar-refractivity contribution in [2.75, 3.05) is 13.2 Å². The van der Waals surface area contributed by atoms with Crippen LogP contribution in [0.15, 0.2) is 30.3 Å². The molecule has 1 unspecified atom stereocenters. The van der Waals surface area contributed by atoms with Crippen molar-refractivity contribution in [1.29, 1.82) is 0 Å². The molecule has 4 heteroatoms. The van der Waals surface area contributed by atoms with E-state index in [0.717, 1.165) is 5.56 Å². The van der Waals surface area contributed by atoms with Gasteiger partial charge in [-0.3, -0.25) is 4.79 Å². The fourth-order valence-electron chi connectivity index (χ4n) is 1.66. The Morgan fingerprint density at radius 3 is 2.33 bits per heavy atom. The average molecular weight is 250 g/mol. The largest absolute Gasteiger partial charge is 0.463 e. The zero-order chi connectivity index (χ0) is 13.4. The standard InChI is InChI=1S/C14H18O4/c1-3-12(11-8-6-5-7-9-11)14(16)18-10-13(15)17-4-2/h5-9,12H,3-4,10H2,1-2H3. The molecule has 0 fully saturated rings. The summed E-state index contributed by atoms with van der Waals surface area (Å²) in [5, 5.41) is 0. The lowest BCUT2D eigenvalue weighted by atomic mass is 9.97. The maximum Gasteiger partial charge on any atom is 0.344 e. The van der Waals surface area contributed by atoms with E-state index in [1.54, 1.807) is 6.92 Å². The number of carbonyl (C=O) groups is 2. The molecule has 18 heavy (non-hydrogen) atoms. The molecule has 0 saturated heterocycles. The van der Waals surface area contributed by atoms with Gasteiger partial charge in [-0.05, 0) is 18.9 Å². The van der Waals surface area contributed by atoms with E-state index in [4.69, 9.17) is 9.47 Å². The van der Waals surface area contributed by atoms with Crippen LogP contribution in [0.3, 0.4) is 0 Å². The SMILES string of the molecule is CCOC(=O)COC(=O)C(CC)c1ccccc1. The number of hydrogen-bond donors (Lipinski definition) is 0. The molecule has 0 bridgehead atoms. The second-order valence-corrected chi connectivity index (χ2v) is 3.78. The van der Waals surface area contributed by atoms with Crippen LogP contribution < -0.4 is 0 Å². The molecule has 0 radical (unpaired) electrons. The van der Waals surface area contributed by atoms with Crippen molar-refractivity contribution in [3.8, 4) is 0 Å². The van der Waals surface area contributed by atoms with Crippen molar-refractivity contribution >= 4 is 11.9 Å². The number of hydrogen-bond acceptors (Lipinski definition) is 4. The molecular formula is C14H18O4. The molecule has 1 atom stereocenters. The minimum atomic E-state index is -0.520. The van der Waals surface area contributed by atoms with Gasteiger partial charge in [0.1, 0.15) is 0 Å². The summed E-state index contributed by atoms with van der Waals surface area (Å²) in [4.78, 5) is 22.9. The van der Waals surface area contributed by atoms with Crippen molar-refractivity contribution in [1.82, 2.24) is 0 Å². The minimum absolute atomic E-state index is 0.284. The quantitative estimate of drug-likeness (QED) is 0.727. The molecule has 98 valence electrons. The highest BCUT2D eigenvalue weighted by molar-refractivity contribution is 5.81. The van der Waals surface area contributed by atoms with E-state index in [-0.39, 0.29) is 19.1 Å². The highest BCUT2D eigenvalue weighted by atomic mass is 16.6. The molecule has 1 aromatic rings. The first-order chi connectivity index (χ1) is 8.69. The van der Waals surface area contributed by atoms with Crippen molar-refractivity contribution < 1.29 is 19.1 Å². The molecule has 0 aliphatic heterocycles. The highest BCUT2D eigenvalue weighted by Crippen LogP contribution is 2.20. The number of rotatable bonds is 6. The molecule has 0 aromatic heterocycles. The van der Waals surface area contributed by atoms with Crippen LogP contribution in [0.2, 0.25) is 0 Å². The molecule has 0 N–H and O–H groups in total. The minimum Gasteiger partial charge on any atom is -0.463 e. The first-order valence-electron chi connectivity index (χ1n) is 6.06. The van der Waals surface area contributed by atoms with Gasteiger partial charge in [-0.1, -0.05) is 37.3 Å². The van der Waals surface area contributed by atoms with Crippen molar-refractivity contribution in [2.24, 2.45) is 0 Å². The summed E-state index contributed by atoms with van der Waals surface area (Å²) in [6.45, 7) is 3.57. The fourth-order valence-corrected chi connectivity index (χ4v) is 1.66. The van der Waals surface area contributed by atoms with Crippen LogP contribution in [0.25, 0.3) is 0 Å². The van der Waals surface area contributed by atoms with E-state index in [9.17, 15) is 9.59 Å². The van der Waals surface area contributed by atoms with Gasteiger partial charge in [-0.25, -0.2) is 4.79 Å². The third kappa shape index (κ3) is 4.20. The maximum absolute atomic E-state index is 11.9. The monoisotopic (exact) mass is 250 g/mol. The smallest absolute Gasteiger partial charge is 0.344 e. The molecule has 0 heterocycles. The van der Waals surface area contributed by atoms with Crippen LogP contribution in [0.1, 0.15) is 31.7 Å². The lowest BCUT2D eigenvalue weighted by Crippen LogP contribution is -2.21. The zero-order valence-corrected chi connectivity index (χ0v) is 10.7. The molecule has 0 spiro atoms. The third-order valence-electron chi connectivity index (χ3n) is 2.53. The van der Waals surface area contributed by atoms with E-state index in [1.807, 2.05) is 37.3 Å². The van der Waals surface area contributed by atoms with Gasteiger partial charge in [0.25, 0.3) is 0 Å². The van der Waals surface area contributed by atoms with Crippen LogP contribution in [0.4, 0.5) is 0 Å². The summed E-state index contributed by atoms with van der Waals surface area (Å²) in [5.41, 5.74) is 0.897. The van der Waals surface area contributed by atoms with Crippen LogP contribution >= 0.6 is 0 Å². The molecule has 1 aromatic carbocycles. The third-order valence-corrected chi connectivity index (χ3v) is 2.53. The van der Waals surface area contributed by atoms with Gasteiger partial charge in [0.05, 0.1) is 12.5 Å². The lowest BCUT2D eigenvalue weighted by molar-refractivity contribution is -0.159. The Hall–Kier alpha value is -1.84.